The lowest BCUT2D eigenvalue weighted by Crippen LogP contribution is -2.25. The van der Waals surface area contributed by atoms with Crippen molar-refractivity contribution in [2.75, 3.05) is 12.3 Å². The molecule has 0 bridgehead atoms. The zero-order valence-corrected chi connectivity index (χ0v) is 7.35. The normalized spacial score (nSPS) is 12.5. The van der Waals surface area contributed by atoms with Gasteiger partial charge in [0.2, 0.25) is 0 Å². The Morgan fingerprint density at radius 3 is 2.27 bits per heavy atom. The van der Waals surface area contributed by atoms with Gasteiger partial charge in [0.1, 0.15) is 0 Å². The Morgan fingerprint density at radius 2 is 1.91 bits per heavy atom. The van der Waals surface area contributed by atoms with Crippen LogP contribution in [0.5, 0.6) is 0 Å². The fraction of sp³-hybridized carbons (Fsp3) is 1.00. The van der Waals surface area contributed by atoms with Crippen molar-refractivity contribution in [3.63, 3.8) is 0 Å². The minimum absolute atomic E-state index is 0.0131. The largest absolute Gasteiger partial charge is 0.441 e. The summed E-state index contributed by atoms with van der Waals surface area (Å²) in [6.45, 7) is 4.21. The van der Waals surface area contributed by atoms with Gasteiger partial charge in [-0.1, -0.05) is 13.8 Å². The second-order valence-corrected chi connectivity index (χ2v) is 3.56. The molecule has 0 aromatic heterocycles. The van der Waals surface area contributed by atoms with Crippen LogP contribution in [-0.2, 0) is 0 Å². The first kappa shape index (κ1) is 11.1. The second-order valence-electron chi connectivity index (χ2n) is 2.40. The van der Waals surface area contributed by atoms with Crippen LogP contribution in [0.1, 0.15) is 13.8 Å². The number of hydrogen-bond donors (Lipinski definition) is 1. The van der Waals surface area contributed by atoms with Crippen molar-refractivity contribution in [2.45, 2.75) is 25.4 Å². The fourth-order valence-corrected chi connectivity index (χ4v) is 0.966. The molecule has 1 N–H and O–H groups in total. The molecule has 1 nitrogen and oxygen atoms in total. The molecule has 0 rings (SSSR count). The number of thioether (sulfide) groups is 1. The number of rotatable bonds is 4. The summed E-state index contributed by atoms with van der Waals surface area (Å²) in [7, 11) is 0. The van der Waals surface area contributed by atoms with Crippen LogP contribution in [0, 0.1) is 0 Å². The van der Waals surface area contributed by atoms with Gasteiger partial charge in [-0.05, 0) is 11.8 Å². The smallest absolute Gasteiger partial charge is 0.314 e. The van der Waals surface area contributed by atoms with E-state index in [1.165, 1.54) is 0 Å². The van der Waals surface area contributed by atoms with Gasteiger partial charge in [0.25, 0.3) is 0 Å². The molecule has 0 saturated heterocycles. The highest BCUT2D eigenvalue weighted by molar-refractivity contribution is 8.00. The summed E-state index contributed by atoms with van der Waals surface area (Å²) < 4.78 is 34.5. The molecule has 0 amide bonds. The number of halogens is 3. The first-order chi connectivity index (χ1) is 4.92. The Balaban J connectivity index is 3.15. The van der Waals surface area contributed by atoms with E-state index >= 15 is 0 Å². The molecule has 0 aliphatic heterocycles. The first-order valence-electron chi connectivity index (χ1n) is 3.36. The van der Waals surface area contributed by atoms with Gasteiger partial charge in [0.05, 0.1) is 0 Å². The SMILES string of the molecule is CC(C)NCCSC(F)(F)F. The molecule has 0 unspecified atom stereocenters. The molecule has 0 aliphatic carbocycles. The predicted octanol–water partition coefficient (Wildman–Crippen LogP) is 2.24. The minimum Gasteiger partial charge on any atom is -0.314 e. The minimum atomic E-state index is -4.08. The molecule has 0 aromatic carbocycles. The second kappa shape index (κ2) is 4.87. The maximum Gasteiger partial charge on any atom is 0.441 e. The van der Waals surface area contributed by atoms with Crippen molar-refractivity contribution in [3.8, 4) is 0 Å². The highest BCUT2D eigenvalue weighted by Crippen LogP contribution is 2.29. The van der Waals surface area contributed by atoms with Crippen molar-refractivity contribution >= 4 is 11.8 Å². The van der Waals surface area contributed by atoms with Crippen molar-refractivity contribution in [1.29, 1.82) is 0 Å². The Labute approximate surface area is 68.7 Å². The van der Waals surface area contributed by atoms with Crippen LogP contribution in [0.4, 0.5) is 13.2 Å². The molecule has 0 atom stereocenters. The van der Waals surface area contributed by atoms with E-state index in [0.717, 1.165) is 0 Å². The number of nitrogens with one attached hydrogen (secondary N) is 1. The molecule has 11 heavy (non-hydrogen) atoms. The van der Waals surface area contributed by atoms with Crippen LogP contribution in [-0.4, -0.2) is 23.8 Å². The van der Waals surface area contributed by atoms with Gasteiger partial charge in [-0.15, -0.1) is 0 Å². The Hall–Kier alpha value is 0.100. The van der Waals surface area contributed by atoms with Crippen LogP contribution in [0.25, 0.3) is 0 Å². The molecular weight excluding hydrogens is 175 g/mol. The van der Waals surface area contributed by atoms with Gasteiger partial charge in [-0.3, -0.25) is 0 Å². The maximum absolute atomic E-state index is 11.5. The Morgan fingerprint density at radius 1 is 1.36 bits per heavy atom. The van der Waals surface area contributed by atoms with Crippen molar-refractivity contribution in [3.05, 3.63) is 0 Å². The summed E-state index contributed by atoms with van der Waals surface area (Å²) in [4.78, 5) is 0. The summed E-state index contributed by atoms with van der Waals surface area (Å²) in [5.74, 6) is 0.0850. The third-order valence-corrected chi connectivity index (χ3v) is 1.66. The molecule has 0 radical (unpaired) electrons. The van der Waals surface area contributed by atoms with Gasteiger partial charge in [0.15, 0.2) is 0 Å². The molecule has 0 heterocycles. The lowest BCUT2D eigenvalue weighted by molar-refractivity contribution is -0.0327. The zero-order chi connectivity index (χ0) is 8.91. The predicted molar refractivity (Wildman–Crippen MR) is 41.7 cm³/mol. The van der Waals surface area contributed by atoms with E-state index in [0.29, 0.717) is 6.54 Å². The third-order valence-electron chi connectivity index (χ3n) is 0.920. The quantitative estimate of drug-likeness (QED) is 0.677. The molecule has 0 spiro atoms. The summed E-state index contributed by atoms with van der Waals surface area (Å²) in [6.07, 6.45) is 0. The molecule has 0 fully saturated rings. The first-order valence-corrected chi connectivity index (χ1v) is 4.34. The van der Waals surface area contributed by atoms with E-state index < -0.39 is 5.51 Å². The van der Waals surface area contributed by atoms with E-state index in [2.05, 4.69) is 5.32 Å². The van der Waals surface area contributed by atoms with E-state index in [4.69, 9.17) is 0 Å². The highest BCUT2D eigenvalue weighted by atomic mass is 32.2. The van der Waals surface area contributed by atoms with Gasteiger partial charge < -0.3 is 5.32 Å². The highest BCUT2D eigenvalue weighted by Gasteiger charge is 2.27. The van der Waals surface area contributed by atoms with E-state index in [1.54, 1.807) is 0 Å². The lowest BCUT2D eigenvalue weighted by atomic mass is 10.4. The molecule has 0 aromatic rings. The number of hydrogen-bond acceptors (Lipinski definition) is 2. The zero-order valence-electron chi connectivity index (χ0n) is 6.53. The standard InChI is InChI=1S/C6H12F3NS/c1-5(2)10-3-4-11-6(7,8)9/h5,10H,3-4H2,1-2H3. The molecule has 0 aliphatic rings. The van der Waals surface area contributed by atoms with Crippen molar-refractivity contribution in [1.82, 2.24) is 5.32 Å². The van der Waals surface area contributed by atoms with Gasteiger partial charge >= 0.3 is 5.51 Å². The fourth-order valence-electron chi connectivity index (χ4n) is 0.514. The Kier molecular flexibility index (Phi) is 4.92. The molecule has 68 valence electrons. The molecule has 5 heteroatoms. The summed E-state index contributed by atoms with van der Waals surface area (Å²) in [6, 6.07) is 0.254. The molecular formula is C6H12F3NS. The van der Waals surface area contributed by atoms with Crippen LogP contribution in [0.15, 0.2) is 0 Å². The Bertz CT molecular complexity index is 102. The molecule has 0 saturated carbocycles. The third kappa shape index (κ3) is 10.1. The lowest BCUT2D eigenvalue weighted by Gasteiger charge is -2.08. The number of alkyl halides is 3. The average molecular weight is 187 g/mol. The summed E-state index contributed by atoms with van der Waals surface area (Å²) in [5, 5.41) is 2.90. The van der Waals surface area contributed by atoms with E-state index in [-0.39, 0.29) is 23.6 Å². The van der Waals surface area contributed by atoms with E-state index in [1.807, 2.05) is 13.8 Å². The maximum atomic E-state index is 11.5. The van der Waals surface area contributed by atoms with Crippen LogP contribution >= 0.6 is 11.8 Å². The van der Waals surface area contributed by atoms with Gasteiger partial charge in [-0.25, -0.2) is 0 Å². The monoisotopic (exact) mass is 187 g/mol. The average Bonchev–Trinajstić information content (AvgIpc) is 1.78. The van der Waals surface area contributed by atoms with Crippen LogP contribution in [0.2, 0.25) is 0 Å². The van der Waals surface area contributed by atoms with Crippen molar-refractivity contribution in [2.24, 2.45) is 0 Å². The summed E-state index contributed by atoms with van der Waals surface area (Å²) in [5.41, 5.74) is -4.08. The van der Waals surface area contributed by atoms with E-state index in [9.17, 15) is 13.2 Å². The van der Waals surface area contributed by atoms with Crippen molar-refractivity contribution < 1.29 is 13.2 Å². The van der Waals surface area contributed by atoms with Crippen LogP contribution in [0.3, 0.4) is 0 Å². The van der Waals surface area contributed by atoms with Gasteiger partial charge in [0, 0.05) is 18.3 Å². The van der Waals surface area contributed by atoms with Gasteiger partial charge in [-0.2, -0.15) is 13.2 Å². The van der Waals surface area contributed by atoms with Crippen LogP contribution < -0.4 is 5.32 Å². The summed E-state index contributed by atoms with van der Waals surface area (Å²) >= 11 is 0.0131. The topological polar surface area (TPSA) is 12.0 Å².